The Morgan fingerprint density at radius 2 is 1.56 bits per heavy atom. The Hall–Kier alpha value is -5.15. The first-order chi connectivity index (χ1) is 19.9. The van der Waals surface area contributed by atoms with E-state index in [-0.39, 0.29) is 13.1 Å². The normalized spacial score (nSPS) is 11.9. The van der Waals surface area contributed by atoms with Crippen molar-refractivity contribution in [3.8, 4) is 0 Å². The van der Waals surface area contributed by atoms with E-state index in [9.17, 15) is 34.1 Å². The fourth-order valence-corrected chi connectivity index (χ4v) is 3.29. The maximum Gasteiger partial charge on any atom is 0.433 e. The molecule has 0 aliphatic carbocycles. The Morgan fingerprint density at radius 3 is 2.12 bits per heavy atom. The lowest BCUT2D eigenvalue weighted by Gasteiger charge is -2.28. The molecule has 0 spiro atoms. The highest BCUT2D eigenvalue weighted by Gasteiger charge is 2.28. The summed E-state index contributed by atoms with van der Waals surface area (Å²) in [5.74, 6) is -3.71. The van der Waals surface area contributed by atoms with Crippen LogP contribution in [-0.4, -0.2) is 70.6 Å². The van der Waals surface area contributed by atoms with Gasteiger partial charge in [-0.3, -0.25) is 40.2 Å². The maximum absolute atomic E-state index is 13.1. The summed E-state index contributed by atoms with van der Waals surface area (Å²) in [6.07, 6.45) is -1.55. The number of hydrazine groups is 1. The minimum atomic E-state index is -1.33. The Kier molecular flexibility index (Phi) is 11.6. The Bertz CT molecular complexity index is 1310. The number of hydrogen-bond acceptors (Lipinski definition) is 10. The molecule has 234 valence electrons. The van der Waals surface area contributed by atoms with E-state index in [1.54, 1.807) is 71.9 Å². The number of carbonyl (C=O) groups is 5. The fourth-order valence-electron chi connectivity index (χ4n) is 3.29. The van der Waals surface area contributed by atoms with Gasteiger partial charge in [0.05, 0.1) is 6.07 Å². The van der Waals surface area contributed by atoms with E-state index >= 15 is 0 Å². The van der Waals surface area contributed by atoms with Gasteiger partial charge in [0, 0.05) is 13.1 Å². The second-order valence-electron chi connectivity index (χ2n) is 11.1. The Morgan fingerprint density at radius 1 is 0.930 bits per heavy atom. The lowest BCUT2D eigenvalue weighted by atomic mass is 10.1. The molecule has 5 amide bonds. The molecule has 1 unspecified atom stereocenters. The monoisotopic (exact) mass is 604 g/mol. The molecule has 0 bridgehead atoms. The van der Waals surface area contributed by atoms with E-state index in [4.69, 9.17) is 13.9 Å². The lowest BCUT2D eigenvalue weighted by Crippen LogP contribution is -2.51. The summed E-state index contributed by atoms with van der Waals surface area (Å²) in [6.45, 7) is 9.26. The number of ether oxygens (including phenoxy) is 2. The lowest BCUT2D eigenvalue weighted by molar-refractivity contribution is -0.402. The van der Waals surface area contributed by atoms with Crippen LogP contribution in [0.5, 0.6) is 0 Å². The highest BCUT2D eigenvalue weighted by molar-refractivity contribution is 5.95. The van der Waals surface area contributed by atoms with Gasteiger partial charge >= 0.3 is 24.0 Å². The summed E-state index contributed by atoms with van der Waals surface area (Å²) in [5, 5.41) is 15.8. The minimum Gasteiger partial charge on any atom is -0.444 e. The molecule has 0 saturated heterocycles. The number of rotatable bonds is 10. The first-order valence-corrected chi connectivity index (χ1v) is 13.1. The number of hydrogen-bond donors (Lipinski definition) is 4. The van der Waals surface area contributed by atoms with Crippen LogP contribution in [-0.2, 0) is 19.1 Å². The van der Waals surface area contributed by atoms with Gasteiger partial charge in [-0.2, -0.15) is 0 Å². The van der Waals surface area contributed by atoms with Crippen molar-refractivity contribution in [3.63, 3.8) is 0 Å². The number of nitrogens with one attached hydrogen (secondary N) is 4. The molecule has 0 aliphatic heterocycles. The molecule has 0 fully saturated rings. The van der Waals surface area contributed by atoms with Crippen molar-refractivity contribution < 1.29 is 42.8 Å². The molecule has 0 saturated carbocycles. The fraction of sp³-hybridized carbons (Fsp3) is 0.444. The van der Waals surface area contributed by atoms with Crippen molar-refractivity contribution in [2.45, 2.75) is 58.8 Å². The molecular weight excluding hydrogens is 568 g/mol. The summed E-state index contributed by atoms with van der Waals surface area (Å²) in [7, 11) is 0. The highest BCUT2D eigenvalue weighted by atomic mass is 16.6. The molecule has 16 nitrogen and oxygen atoms in total. The van der Waals surface area contributed by atoms with Gasteiger partial charge in [0.2, 0.25) is 11.7 Å². The number of carbonyl (C=O) groups excluding carboxylic acids is 5. The van der Waals surface area contributed by atoms with E-state index in [2.05, 4.69) is 21.5 Å². The van der Waals surface area contributed by atoms with Crippen molar-refractivity contribution in [2.24, 2.45) is 0 Å². The summed E-state index contributed by atoms with van der Waals surface area (Å²) in [6, 6.07) is 8.74. The molecule has 2 rings (SSSR count). The zero-order valence-electron chi connectivity index (χ0n) is 24.7. The standard InChI is InChI=1S/C27H36N6O10/c1-26(2,3)42-24(37)28-14-15-32(25(38)43-27(4,5)6)16-19(34)29-21(17-10-8-7-9-11-17)23(36)31-30-22(35)18-12-13-20(41-18)33(39)40/h7-13,21H,14-16H2,1-6H3,(H,28,37)(H,29,34)(H,30,35)(H,31,36). The van der Waals surface area contributed by atoms with Crippen LogP contribution in [0.15, 0.2) is 46.9 Å². The van der Waals surface area contributed by atoms with E-state index in [1.807, 2.05) is 0 Å². The third-order valence-electron chi connectivity index (χ3n) is 5.03. The number of nitro groups is 1. The summed E-state index contributed by atoms with van der Waals surface area (Å²) in [5.41, 5.74) is 2.93. The number of nitrogens with zero attached hydrogens (tertiary/aromatic N) is 2. The largest absolute Gasteiger partial charge is 0.444 e. The van der Waals surface area contributed by atoms with Crippen molar-refractivity contribution in [3.05, 3.63) is 63.9 Å². The number of amides is 5. The van der Waals surface area contributed by atoms with Gasteiger partial charge in [0.15, 0.2) is 0 Å². The molecule has 0 radical (unpaired) electrons. The van der Waals surface area contributed by atoms with Crippen LogP contribution in [0.1, 0.15) is 63.7 Å². The molecular formula is C27H36N6O10. The topological polar surface area (TPSA) is 211 Å². The molecule has 1 atom stereocenters. The second kappa shape index (κ2) is 14.7. The highest BCUT2D eigenvalue weighted by Crippen LogP contribution is 2.16. The second-order valence-corrected chi connectivity index (χ2v) is 11.1. The van der Waals surface area contributed by atoms with Crippen LogP contribution < -0.4 is 21.5 Å². The van der Waals surface area contributed by atoms with Crippen LogP contribution in [0.2, 0.25) is 0 Å². The molecule has 1 heterocycles. The van der Waals surface area contributed by atoms with E-state index in [0.717, 1.165) is 17.0 Å². The smallest absolute Gasteiger partial charge is 0.433 e. The van der Waals surface area contributed by atoms with E-state index < -0.39 is 70.3 Å². The minimum absolute atomic E-state index is 0.0684. The van der Waals surface area contributed by atoms with Crippen molar-refractivity contribution >= 4 is 35.8 Å². The first-order valence-electron chi connectivity index (χ1n) is 13.1. The van der Waals surface area contributed by atoms with Crippen molar-refractivity contribution in [1.82, 2.24) is 26.4 Å². The van der Waals surface area contributed by atoms with Crippen molar-refractivity contribution in [1.29, 1.82) is 0 Å². The van der Waals surface area contributed by atoms with Gasteiger partial charge in [-0.15, -0.1) is 0 Å². The van der Waals surface area contributed by atoms with Crippen LogP contribution in [0, 0.1) is 10.1 Å². The van der Waals surface area contributed by atoms with Crippen LogP contribution in [0.4, 0.5) is 15.5 Å². The molecule has 2 aromatic rings. The zero-order chi connectivity index (χ0) is 32.4. The van der Waals surface area contributed by atoms with Gasteiger partial charge in [0.1, 0.15) is 28.7 Å². The SMILES string of the molecule is CC(C)(C)OC(=O)NCCN(CC(=O)NC(C(=O)NNC(=O)c1ccc([N+](=O)[O-])o1)c1ccccc1)C(=O)OC(C)(C)C. The summed E-state index contributed by atoms with van der Waals surface area (Å²) >= 11 is 0. The van der Waals surface area contributed by atoms with E-state index in [1.165, 1.54) is 0 Å². The first kappa shape index (κ1) is 34.1. The summed E-state index contributed by atoms with van der Waals surface area (Å²) in [4.78, 5) is 74.3. The van der Waals surface area contributed by atoms with Gasteiger partial charge in [-0.05, 0) is 53.2 Å². The average molecular weight is 605 g/mol. The van der Waals surface area contributed by atoms with Crippen molar-refractivity contribution in [2.75, 3.05) is 19.6 Å². The molecule has 4 N–H and O–H groups in total. The third kappa shape index (κ3) is 12.1. The van der Waals surface area contributed by atoms with Crippen LogP contribution >= 0.6 is 0 Å². The van der Waals surface area contributed by atoms with Gasteiger partial charge in [-0.25, -0.2) is 9.59 Å². The van der Waals surface area contributed by atoms with Gasteiger partial charge < -0.3 is 24.5 Å². The Balaban J connectivity index is 2.12. The third-order valence-corrected chi connectivity index (χ3v) is 5.03. The van der Waals surface area contributed by atoms with E-state index in [0.29, 0.717) is 5.56 Å². The van der Waals surface area contributed by atoms with Gasteiger partial charge in [-0.1, -0.05) is 30.3 Å². The Labute approximate surface area is 247 Å². The quantitative estimate of drug-likeness (QED) is 0.230. The molecule has 1 aromatic carbocycles. The molecule has 1 aromatic heterocycles. The van der Waals surface area contributed by atoms with Gasteiger partial charge in [0.25, 0.3) is 5.91 Å². The summed E-state index contributed by atoms with van der Waals surface area (Å²) < 4.78 is 15.4. The molecule has 0 aliphatic rings. The number of alkyl carbamates (subject to hydrolysis) is 1. The van der Waals surface area contributed by atoms with Crippen LogP contribution in [0.25, 0.3) is 0 Å². The molecule has 43 heavy (non-hydrogen) atoms. The maximum atomic E-state index is 13.1. The average Bonchev–Trinajstić information content (AvgIpc) is 3.39. The van der Waals surface area contributed by atoms with Crippen LogP contribution in [0.3, 0.4) is 0 Å². The predicted octanol–water partition coefficient (Wildman–Crippen LogP) is 2.57. The number of furan rings is 1. The predicted molar refractivity (Wildman–Crippen MR) is 150 cm³/mol. The zero-order valence-corrected chi connectivity index (χ0v) is 24.7. The molecule has 16 heteroatoms. The number of benzene rings is 1.